The zero-order valence-corrected chi connectivity index (χ0v) is 19.3. The van der Waals surface area contributed by atoms with Gasteiger partial charge in [-0.05, 0) is 29.8 Å². The van der Waals surface area contributed by atoms with Gasteiger partial charge in [0.05, 0.1) is 35.2 Å². The topological polar surface area (TPSA) is 132 Å². The number of ether oxygens (including phenoxy) is 1. The third-order valence-corrected chi connectivity index (χ3v) is 6.50. The number of aliphatic hydroxyl groups is 2. The van der Waals surface area contributed by atoms with Crippen molar-refractivity contribution in [2.45, 2.75) is 24.9 Å². The van der Waals surface area contributed by atoms with Crippen LogP contribution in [0.1, 0.15) is 12.6 Å². The lowest BCUT2D eigenvalue weighted by Gasteiger charge is -2.14. The molecule has 1 aromatic carbocycles. The molecule has 0 aliphatic carbocycles. The van der Waals surface area contributed by atoms with Gasteiger partial charge >= 0.3 is 0 Å². The molecule has 5 aromatic rings. The molecule has 0 unspecified atom stereocenters. The number of fused-ring (bicyclic) bond motifs is 1. The van der Waals surface area contributed by atoms with Crippen LogP contribution in [-0.2, 0) is 4.74 Å². The zero-order valence-electron chi connectivity index (χ0n) is 19.3. The molecule has 5 heterocycles. The number of benzene rings is 1. The third kappa shape index (κ3) is 3.89. The second-order valence-electron chi connectivity index (χ2n) is 8.72. The number of anilines is 1. The number of hydrogen-bond donors (Lipinski definition) is 3. The van der Waals surface area contributed by atoms with E-state index in [0.29, 0.717) is 23.3 Å². The molecule has 36 heavy (non-hydrogen) atoms. The molecule has 1 fully saturated rings. The molecule has 3 atom stereocenters. The Morgan fingerprint density at radius 1 is 0.917 bits per heavy atom. The quantitative estimate of drug-likeness (QED) is 0.349. The summed E-state index contributed by atoms with van der Waals surface area (Å²) >= 11 is 0. The number of hydrogen-bond acceptors (Lipinski definition) is 8. The summed E-state index contributed by atoms with van der Waals surface area (Å²) in [7, 11) is 0. The largest absolute Gasteiger partial charge is 0.394 e. The monoisotopic (exact) mass is 480 g/mol. The van der Waals surface area contributed by atoms with E-state index < -0.39 is 18.4 Å². The summed E-state index contributed by atoms with van der Waals surface area (Å²) in [5.41, 5.74) is 12.1. The minimum Gasteiger partial charge on any atom is -0.394 e. The highest BCUT2D eigenvalue weighted by molar-refractivity contribution is 6.00. The molecule has 1 aliphatic rings. The first-order valence-electron chi connectivity index (χ1n) is 11.7. The Kier molecular flexibility index (Phi) is 5.65. The fraction of sp³-hybridized carbons (Fsp3) is 0.185. The Morgan fingerprint density at radius 2 is 1.69 bits per heavy atom. The number of nitrogens with zero attached hydrogens (tertiary/aromatic N) is 5. The normalized spacial score (nSPS) is 19.7. The van der Waals surface area contributed by atoms with Crippen LogP contribution in [0.4, 0.5) is 5.82 Å². The highest BCUT2D eigenvalue weighted by Crippen LogP contribution is 2.38. The lowest BCUT2D eigenvalue weighted by Crippen LogP contribution is -2.24. The van der Waals surface area contributed by atoms with Crippen LogP contribution in [0.2, 0.25) is 0 Å². The molecule has 6 rings (SSSR count). The second-order valence-corrected chi connectivity index (χ2v) is 8.72. The summed E-state index contributed by atoms with van der Waals surface area (Å²) in [5, 5.41) is 20.4. The van der Waals surface area contributed by atoms with E-state index in [4.69, 9.17) is 15.5 Å². The van der Waals surface area contributed by atoms with Crippen LogP contribution >= 0.6 is 0 Å². The minimum absolute atomic E-state index is 0.252. The van der Waals surface area contributed by atoms with E-state index >= 15 is 0 Å². The number of aliphatic hydroxyl groups excluding tert-OH is 2. The molecule has 4 aromatic heterocycles. The van der Waals surface area contributed by atoms with Crippen LogP contribution in [0, 0.1) is 0 Å². The SMILES string of the molecule is Nc1ncnc2c1c(-c1ccc(-c3cccc(-c4ccccn4)n3)cc1)cn2[C@H]1C[C@H](O)[C@@H](CO)O1. The first-order chi connectivity index (χ1) is 17.6. The van der Waals surface area contributed by atoms with Gasteiger partial charge in [0, 0.05) is 29.9 Å². The number of rotatable bonds is 5. The summed E-state index contributed by atoms with van der Waals surface area (Å²) < 4.78 is 7.73. The van der Waals surface area contributed by atoms with Gasteiger partial charge in [-0.1, -0.05) is 36.4 Å². The van der Waals surface area contributed by atoms with Gasteiger partial charge < -0.3 is 25.3 Å². The van der Waals surface area contributed by atoms with E-state index in [0.717, 1.165) is 33.8 Å². The molecule has 180 valence electrons. The van der Waals surface area contributed by atoms with Gasteiger partial charge in [0.25, 0.3) is 0 Å². The smallest absolute Gasteiger partial charge is 0.148 e. The van der Waals surface area contributed by atoms with Gasteiger partial charge in [0.1, 0.15) is 30.1 Å². The van der Waals surface area contributed by atoms with Crippen LogP contribution in [0.3, 0.4) is 0 Å². The van der Waals surface area contributed by atoms with E-state index in [-0.39, 0.29) is 6.61 Å². The summed E-state index contributed by atoms with van der Waals surface area (Å²) in [6.45, 7) is -0.252. The van der Waals surface area contributed by atoms with Crippen molar-refractivity contribution in [3.8, 4) is 33.8 Å². The molecular weight excluding hydrogens is 456 g/mol. The molecule has 1 aliphatic heterocycles. The van der Waals surface area contributed by atoms with Crippen LogP contribution in [0.15, 0.2) is 79.4 Å². The summed E-state index contributed by atoms with van der Waals surface area (Å²) in [5.74, 6) is 0.361. The predicted molar refractivity (Wildman–Crippen MR) is 135 cm³/mol. The third-order valence-electron chi connectivity index (χ3n) is 6.50. The van der Waals surface area contributed by atoms with E-state index in [1.54, 1.807) is 6.20 Å². The fourth-order valence-corrected chi connectivity index (χ4v) is 4.67. The van der Waals surface area contributed by atoms with Gasteiger partial charge in [-0.15, -0.1) is 0 Å². The standard InChI is InChI=1S/C27H24N6O3/c28-26-25-18(13-33(27(25)31-15-30-26)24-12-22(35)23(14-34)36-24)16-7-9-17(10-8-16)19-5-3-6-21(32-19)20-4-1-2-11-29-20/h1-11,13,15,22-24,34-35H,12,14H2,(H2,28,30,31)/t22-,23+,24+/m0/s1. The predicted octanol–water partition coefficient (Wildman–Crippen LogP) is 3.45. The van der Waals surface area contributed by atoms with E-state index in [1.165, 1.54) is 6.33 Å². The molecule has 9 heteroatoms. The molecule has 0 spiro atoms. The van der Waals surface area contributed by atoms with E-state index in [2.05, 4.69) is 15.0 Å². The van der Waals surface area contributed by atoms with Gasteiger partial charge in [0.2, 0.25) is 0 Å². The Labute approximate surface area is 206 Å². The molecule has 0 radical (unpaired) electrons. The van der Waals surface area contributed by atoms with Gasteiger partial charge in [0.15, 0.2) is 0 Å². The van der Waals surface area contributed by atoms with Crippen LogP contribution in [-0.4, -0.2) is 53.5 Å². The molecule has 9 nitrogen and oxygen atoms in total. The molecule has 4 N–H and O–H groups in total. The minimum atomic E-state index is -0.756. The summed E-state index contributed by atoms with van der Waals surface area (Å²) in [6, 6.07) is 19.7. The van der Waals surface area contributed by atoms with Crippen molar-refractivity contribution < 1.29 is 14.9 Å². The lowest BCUT2D eigenvalue weighted by molar-refractivity contribution is -0.0430. The molecular formula is C27H24N6O3. The highest BCUT2D eigenvalue weighted by Gasteiger charge is 2.35. The Balaban J connectivity index is 1.37. The van der Waals surface area contributed by atoms with Crippen molar-refractivity contribution in [1.29, 1.82) is 0 Å². The van der Waals surface area contributed by atoms with Crippen molar-refractivity contribution in [2.75, 3.05) is 12.3 Å². The maximum atomic E-state index is 10.2. The zero-order chi connectivity index (χ0) is 24.6. The van der Waals surface area contributed by atoms with Crippen molar-refractivity contribution >= 4 is 16.9 Å². The molecule has 0 amide bonds. The molecule has 0 saturated carbocycles. The Hall–Kier alpha value is -4.18. The lowest BCUT2D eigenvalue weighted by atomic mass is 10.0. The number of nitrogens with two attached hydrogens (primary N) is 1. The summed E-state index contributed by atoms with van der Waals surface area (Å²) in [4.78, 5) is 17.8. The van der Waals surface area contributed by atoms with Crippen molar-refractivity contribution in [1.82, 2.24) is 24.5 Å². The highest BCUT2D eigenvalue weighted by atomic mass is 16.5. The number of nitrogen functional groups attached to an aromatic ring is 1. The number of pyridine rings is 2. The van der Waals surface area contributed by atoms with Gasteiger partial charge in [-0.25, -0.2) is 15.0 Å². The molecule has 0 bridgehead atoms. The second kappa shape index (κ2) is 9.12. The van der Waals surface area contributed by atoms with Gasteiger partial charge in [-0.3, -0.25) is 4.98 Å². The number of aromatic nitrogens is 5. The van der Waals surface area contributed by atoms with Gasteiger partial charge in [-0.2, -0.15) is 0 Å². The van der Waals surface area contributed by atoms with E-state index in [9.17, 15) is 10.2 Å². The Morgan fingerprint density at radius 3 is 2.44 bits per heavy atom. The van der Waals surface area contributed by atoms with Crippen molar-refractivity contribution in [3.63, 3.8) is 0 Å². The maximum Gasteiger partial charge on any atom is 0.148 e. The van der Waals surface area contributed by atoms with Crippen LogP contribution < -0.4 is 5.73 Å². The average molecular weight is 481 g/mol. The maximum absolute atomic E-state index is 10.2. The summed E-state index contributed by atoms with van der Waals surface area (Å²) in [6.07, 6.45) is 3.57. The van der Waals surface area contributed by atoms with Crippen LogP contribution in [0.25, 0.3) is 44.8 Å². The first kappa shape index (κ1) is 22.3. The fourth-order valence-electron chi connectivity index (χ4n) is 4.67. The van der Waals surface area contributed by atoms with Crippen molar-refractivity contribution in [3.05, 3.63) is 79.4 Å². The van der Waals surface area contributed by atoms with Crippen molar-refractivity contribution in [2.24, 2.45) is 0 Å². The molecule has 1 saturated heterocycles. The van der Waals surface area contributed by atoms with E-state index in [1.807, 2.05) is 71.4 Å². The Bertz CT molecular complexity index is 1520. The first-order valence-corrected chi connectivity index (χ1v) is 11.7. The average Bonchev–Trinajstić information content (AvgIpc) is 3.50. The van der Waals surface area contributed by atoms with Crippen LogP contribution in [0.5, 0.6) is 0 Å².